The fourth-order valence-corrected chi connectivity index (χ4v) is 3.50. The van der Waals surface area contributed by atoms with Crippen LogP contribution in [0.25, 0.3) is 0 Å². The van der Waals surface area contributed by atoms with E-state index in [1.807, 2.05) is 0 Å². The van der Waals surface area contributed by atoms with Crippen molar-refractivity contribution in [2.75, 3.05) is 19.4 Å². The number of rotatable bonds is 7. The Bertz CT molecular complexity index is 412. The summed E-state index contributed by atoms with van der Waals surface area (Å²) in [5, 5.41) is 10.4. The predicted molar refractivity (Wildman–Crippen MR) is 75.6 cm³/mol. The number of sulfonamides is 1. The molecule has 1 fully saturated rings. The number of methoxy groups -OCH3 is 1. The minimum absolute atomic E-state index is 0.0208. The largest absolute Gasteiger partial charge is 0.469 e. The summed E-state index contributed by atoms with van der Waals surface area (Å²) in [5.74, 6) is -0.239. The van der Waals surface area contributed by atoms with E-state index in [2.05, 4.69) is 16.4 Å². The van der Waals surface area contributed by atoms with E-state index in [1.54, 1.807) is 0 Å². The summed E-state index contributed by atoms with van der Waals surface area (Å²) in [6.07, 6.45) is 4.01. The Kier molecular flexibility index (Phi) is 6.42. The molecular formula is C13H25NO5S. The highest BCUT2D eigenvalue weighted by atomic mass is 32.2. The molecule has 0 unspecified atom stereocenters. The topological polar surface area (TPSA) is 92.7 Å². The van der Waals surface area contributed by atoms with Crippen LogP contribution in [-0.2, 0) is 19.6 Å². The van der Waals surface area contributed by atoms with Crippen LogP contribution in [0.4, 0.5) is 0 Å². The van der Waals surface area contributed by atoms with Gasteiger partial charge in [-0.25, -0.2) is 13.1 Å². The Morgan fingerprint density at radius 1 is 1.40 bits per heavy atom. The molecule has 0 saturated heterocycles. The molecule has 0 aromatic carbocycles. The van der Waals surface area contributed by atoms with E-state index in [9.17, 15) is 18.3 Å². The second kappa shape index (κ2) is 7.38. The molecule has 0 radical (unpaired) electrons. The van der Waals surface area contributed by atoms with Crippen LogP contribution < -0.4 is 4.72 Å². The maximum atomic E-state index is 11.7. The third-order valence-corrected chi connectivity index (χ3v) is 5.36. The summed E-state index contributed by atoms with van der Waals surface area (Å²) in [6.45, 7) is 2.15. The molecule has 2 N–H and O–H groups in total. The molecule has 6 nitrogen and oxygen atoms in total. The number of carbonyl (C=O) groups is 1. The van der Waals surface area contributed by atoms with Gasteiger partial charge in [0.15, 0.2) is 0 Å². The monoisotopic (exact) mass is 307 g/mol. The zero-order valence-corrected chi connectivity index (χ0v) is 13.0. The van der Waals surface area contributed by atoms with Gasteiger partial charge in [-0.3, -0.25) is 4.79 Å². The van der Waals surface area contributed by atoms with E-state index in [0.717, 1.165) is 19.3 Å². The lowest BCUT2D eigenvalue weighted by Crippen LogP contribution is -2.45. The third-order valence-electron chi connectivity index (χ3n) is 4.04. The van der Waals surface area contributed by atoms with Gasteiger partial charge in [-0.05, 0) is 31.6 Å². The van der Waals surface area contributed by atoms with E-state index in [0.29, 0.717) is 18.8 Å². The molecule has 0 aliphatic heterocycles. The van der Waals surface area contributed by atoms with Crippen LogP contribution in [0.5, 0.6) is 0 Å². The first kappa shape index (κ1) is 17.4. The summed E-state index contributed by atoms with van der Waals surface area (Å²) in [4.78, 5) is 10.9. The lowest BCUT2D eigenvalue weighted by atomic mass is 9.78. The Morgan fingerprint density at radius 2 is 2.00 bits per heavy atom. The molecule has 118 valence electrons. The normalized spacial score (nSPS) is 27.2. The maximum absolute atomic E-state index is 11.7. The van der Waals surface area contributed by atoms with E-state index >= 15 is 0 Å². The molecular weight excluding hydrogens is 282 g/mol. The zero-order chi connectivity index (χ0) is 15.2. The van der Waals surface area contributed by atoms with Gasteiger partial charge in [0.05, 0.1) is 24.9 Å². The van der Waals surface area contributed by atoms with Crippen molar-refractivity contribution < 1.29 is 23.1 Å². The zero-order valence-electron chi connectivity index (χ0n) is 12.2. The standard InChI is InChI=1S/C13H25NO5S/c1-3-11-4-7-13(16,8-5-11)10-14-20(17,18)9-6-12(15)19-2/h11,14,16H,3-10H2,1-2H3. The van der Waals surface area contributed by atoms with E-state index < -0.39 is 21.6 Å². The number of hydrogen-bond donors (Lipinski definition) is 2. The third kappa shape index (κ3) is 5.76. The number of hydrogen-bond acceptors (Lipinski definition) is 5. The van der Waals surface area contributed by atoms with Gasteiger partial charge in [-0.15, -0.1) is 0 Å². The molecule has 1 rings (SSSR count). The SMILES string of the molecule is CCC1CCC(O)(CNS(=O)(=O)CCC(=O)OC)CC1. The molecule has 0 aromatic rings. The summed E-state index contributed by atoms with van der Waals surface area (Å²) in [5.41, 5.74) is -0.954. The van der Waals surface area contributed by atoms with Gasteiger partial charge < -0.3 is 9.84 Å². The van der Waals surface area contributed by atoms with Gasteiger partial charge in [0.2, 0.25) is 10.0 Å². The Hall–Kier alpha value is -0.660. The molecule has 1 aliphatic rings. The van der Waals surface area contributed by atoms with Crippen molar-refractivity contribution in [2.45, 2.75) is 51.0 Å². The van der Waals surface area contributed by atoms with E-state index in [4.69, 9.17) is 0 Å². The fraction of sp³-hybridized carbons (Fsp3) is 0.923. The van der Waals surface area contributed by atoms with Gasteiger partial charge in [-0.1, -0.05) is 13.3 Å². The van der Waals surface area contributed by atoms with Crippen LogP contribution in [0.3, 0.4) is 0 Å². The smallest absolute Gasteiger partial charge is 0.306 e. The van der Waals surface area contributed by atoms with E-state index in [-0.39, 0.29) is 18.7 Å². The van der Waals surface area contributed by atoms with Gasteiger partial charge >= 0.3 is 5.97 Å². The van der Waals surface area contributed by atoms with Gasteiger partial charge in [-0.2, -0.15) is 0 Å². The van der Waals surface area contributed by atoms with Crippen molar-refractivity contribution in [2.24, 2.45) is 5.92 Å². The van der Waals surface area contributed by atoms with Crippen LogP contribution in [0, 0.1) is 5.92 Å². The summed E-state index contributed by atoms with van der Waals surface area (Å²) < 4.78 is 30.3. The van der Waals surface area contributed by atoms with Crippen LogP contribution in [-0.4, -0.2) is 44.5 Å². The number of carbonyl (C=O) groups excluding carboxylic acids is 1. The Balaban J connectivity index is 2.40. The number of esters is 1. The van der Waals surface area contributed by atoms with Crippen molar-refractivity contribution in [3.05, 3.63) is 0 Å². The molecule has 0 aromatic heterocycles. The summed E-state index contributed by atoms with van der Waals surface area (Å²) in [7, 11) is -2.33. The van der Waals surface area contributed by atoms with Crippen LogP contribution >= 0.6 is 0 Å². The highest BCUT2D eigenvalue weighted by Crippen LogP contribution is 2.33. The second-order valence-electron chi connectivity index (χ2n) is 5.54. The summed E-state index contributed by atoms with van der Waals surface area (Å²) >= 11 is 0. The van der Waals surface area contributed by atoms with Crippen molar-refractivity contribution in [3.63, 3.8) is 0 Å². The first-order valence-corrected chi connectivity index (χ1v) is 8.72. The molecule has 7 heteroatoms. The number of ether oxygens (including phenoxy) is 1. The molecule has 1 saturated carbocycles. The maximum Gasteiger partial charge on any atom is 0.306 e. The van der Waals surface area contributed by atoms with Crippen molar-refractivity contribution in [1.82, 2.24) is 4.72 Å². The molecule has 0 atom stereocenters. The van der Waals surface area contributed by atoms with Crippen molar-refractivity contribution in [1.29, 1.82) is 0 Å². The minimum atomic E-state index is -3.55. The Labute approximate surface area is 120 Å². The highest BCUT2D eigenvalue weighted by molar-refractivity contribution is 7.89. The first-order chi connectivity index (χ1) is 9.30. The van der Waals surface area contributed by atoms with Gasteiger partial charge in [0, 0.05) is 6.54 Å². The van der Waals surface area contributed by atoms with Crippen LogP contribution in [0.15, 0.2) is 0 Å². The first-order valence-electron chi connectivity index (χ1n) is 7.07. The summed E-state index contributed by atoms with van der Waals surface area (Å²) in [6, 6.07) is 0. The highest BCUT2D eigenvalue weighted by Gasteiger charge is 2.33. The van der Waals surface area contributed by atoms with Crippen LogP contribution in [0.1, 0.15) is 45.4 Å². The van der Waals surface area contributed by atoms with Gasteiger partial charge in [0.25, 0.3) is 0 Å². The Morgan fingerprint density at radius 3 is 2.50 bits per heavy atom. The molecule has 20 heavy (non-hydrogen) atoms. The molecule has 0 amide bonds. The number of nitrogens with one attached hydrogen (secondary N) is 1. The lowest BCUT2D eigenvalue weighted by Gasteiger charge is -2.35. The predicted octanol–water partition coefficient (Wildman–Crippen LogP) is 0.800. The van der Waals surface area contributed by atoms with Crippen molar-refractivity contribution >= 4 is 16.0 Å². The van der Waals surface area contributed by atoms with Gasteiger partial charge in [0.1, 0.15) is 0 Å². The van der Waals surface area contributed by atoms with E-state index in [1.165, 1.54) is 7.11 Å². The molecule has 0 heterocycles. The quantitative estimate of drug-likeness (QED) is 0.679. The molecule has 0 bridgehead atoms. The number of aliphatic hydroxyl groups is 1. The molecule has 0 spiro atoms. The van der Waals surface area contributed by atoms with Crippen LogP contribution in [0.2, 0.25) is 0 Å². The van der Waals surface area contributed by atoms with Crippen molar-refractivity contribution in [3.8, 4) is 0 Å². The lowest BCUT2D eigenvalue weighted by molar-refractivity contribution is -0.140. The fourth-order valence-electron chi connectivity index (χ4n) is 2.44. The average Bonchev–Trinajstić information content (AvgIpc) is 2.44. The minimum Gasteiger partial charge on any atom is -0.469 e. The molecule has 1 aliphatic carbocycles. The second-order valence-corrected chi connectivity index (χ2v) is 7.47. The average molecular weight is 307 g/mol.